The van der Waals surface area contributed by atoms with Crippen LogP contribution in [0.15, 0.2) is 5.16 Å². The van der Waals surface area contributed by atoms with E-state index in [1.165, 1.54) is 0 Å². The lowest BCUT2D eigenvalue weighted by Gasteiger charge is -2.25. The molecule has 2 unspecified atom stereocenters. The van der Waals surface area contributed by atoms with E-state index in [0.29, 0.717) is 0 Å². The highest BCUT2D eigenvalue weighted by molar-refractivity contribution is 5.85. The Hall–Kier alpha value is -0.810. The number of oxime groups is 1. The highest BCUT2D eigenvalue weighted by Gasteiger charge is 2.23. The minimum atomic E-state index is -0.316. The van der Waals surface area contributed by atoms with Crippen molar-refractivity contribution in [3.05, 3.63) is 0 Å². The van der Waals surface area contributed by atoms with Crippen LogP contribution in [0.2, 0.25) is 0 Å². The van der Waals surface area contributed by atoms with E-state index in [2.05, 4.69) is 10.5 Å². The van der Waals surface area contributed by atoms with E-state index in [1.54, 1.807) is 0 Å². The maximum atomic E-state index is 8.98. The Balaban J connectivity index is 3.99. The van der Waals surface area contributed by atoms with Gasteiger partial charge in [-0.25, -0.2) is 0 Å². The zero-order valence-electron chi connectivity index (χ0n) is 10.7. The fraction of sp³-hybridized carbons (Fsp3) is 0.909. The van der Waals surface area contributed by atoms with Gasteiger partial charge in [-0.05, 0) is 25.8 Å². The first-order chi connectivity index (χ1) is 7.35. The zero-order chi connectivity index (χ0) is 12.8. The molecule has 5 nitrogen and oxygen atoms in total. The molecule has 0 saturated carbocycles. The summed E-state index contributed by atoms with van der Waals surface area (Å²) in [7, 11) is 0. The number of hydrogen-bond acceptors (Lipinski definition) is 4. The second kappa shape index (κ2) is 6.70. The van der Waals surface area contributed by atoms with E-state index in [1.807, 2.05) is 27.7 Å². The van der Waals surface area contributed by atoms with E-state index in [-0.39, 0.29) is 29.8 Å². The highest BCUT2D eigenvalue weighted by atomic mass is 16.4. The molecule has 0 bridgehead atoms. The molecule has 0 fully saturated rings. The Morgan fingerprint density at radius 3 is 2.44 bits per heavy atom. The number of nitrogens with zero attached hydrogens (tertiary/aromatic N) is 1. The fourth-order valence-electron chi connectivity index (χ4n) is 1.24. The maximum Gasteiger partial charge on any atom is 0.144 e. The molecule has 5 heteroatoms. The Bertz CT molecular complexity index is 229. The molecule has 0 saturated heterocycles. The van der Waals surface area contributed by atoms with Crippen LogP contribution in [0.4, 0.5) is 0 Å². The van der Waals surface area contributed by atoms with Gasteiger partial charge in [-0.15, -0.1) is 0 Å². The fourth-order valence-corrected chi connectivity index (χ4v) is 1.24. The summed E-state index contributed by atoms with van der Waals surface area (Å²) in [5.41, 5.74) is 5.27. The van der Waals surface area contributed by atoms with Gasteiger partial charge < -0.3 is 21.4 Å². The topological polar surface area (TPSA) is 90.9 Å². The Morgan fingerprint density at radius 2 is 2.00 bits per heavy atom. The van der Waals surface area contributed by atoms with Crippen molar-refractivity contribution in [3.8, 4) is 0 Å². The third kappa shape index (κ3) is 4.81. The molecule has 0 aliphatic carbocycles. The van der Waals surface area contributed by atoms with E-state index in [9.17, 15) is 0 Å². The molecular weight excluding hydrogens is 206 g/mol. The van der Waals surface area contributed by atoms with Crippen LogP contribution in [0, 0.1) is 11.3 Å². The van der Waals surface area contributed by atoms with Crippen LogP contribution >= 0.6 is 0 Å². The first kappa shape index (κ1) is 15.2. The minimum absolute atomic E-state index is 0.178. The number of nitrogens with two attached hydrogens (primary N) is 1. The number of rotatable bonds is 7. The number of nitrogens with one attached hydrogen (secondary N) is 1. The predicted octanol–water partition coefficient (Wildman–Crippen LogP) is 0.756. The van der Waals surface area contributed by atoms with Crippen molar-refractivity contribution in [2.45, 2.75) is 40.2 Å². The minimum Gasteiger partial charge on any atom is -0.409 e. The SMILES string of the molecule is CC(CO)C(C)NCCC(C)(C)C(N)=NO. The molecule has 0 heterocycles. The zero-order valence-corrected chi connectivity index (χ0v) is 10.7. The van der Waals surface area contributed by atoms with Crippen LogP contribution in [0.5, 0.6) is 0 Å². The first-order valence-corrected chi connectivity index (χ1v) is 5.67. The molecule has 0 aliphatic heterocycles. The molecule has 0 spiro atoms. The van der Waals surface area contributed by atoms with Gasteiger partial charge in [-0.3, -0.25) is 0 Å². The Kier molecular flexibility index (Phi) is 6.36. The van der Waals surface area contributed by atoms with Gasteiger partial charge in [0.2, 0.25) is 0 Å². The predicted molar refractivity (Wildman–Crippen MR) is 65.5 cm³/mol. The highest BCUT2D eigenvalue weighted by Crippen LogP contribution is 2.19. The summed E-state index contributed by atoms with van der Waals surface area (Å²) in [6, 6.07) is 0.257. The van der Waals surface area contributed by atoms with Crippen molar-refractivity contribution in [2.24, 2.45) is 22.2 Å². The molecule has 0 aromatic rings. The van der Waals surface area contributed by atoms with E-state index in [4.69, 9.17) is 16.0 Å². The van der Waals surface area contributed by atoms with Gasteiger partial charge in [0.15, 0.2) is 0 Å². The summed E-state index contributed by atoms with van der Waals surface area (Å²) >= 11 is 0. The van der Waals surface area contributed by atoms with Gasteiger partial charge in [-0.1, -0.05) is 25.9 Å². The average Bonchev–Trinajstić information content (AvgIpc) is 2.26. The van der Waals surface area contributed by atoms with E-state index in [0.717, 1.165) is 13.0 Å². The third-order valence-corrected chi connectivity index (χ3v) is 3.16. The molecule has 96 valence electrons. The molecule has 0 rings (SSSR count). The van der Waals surface area contributed by atoms with Crippen LogP contribution in [0.3, 0.4) is 0 Å². The summed E-state index contributed by atoms with van der Waals surface area (Å²) in [5.74, 6) is 0.476. The normalized spacial score (nSPS) is 17.2. The summed E-state index contributed by atoms with van der Waals surface area (Å²) in [4.78, 5) is 0. The molecule has 0 radical (unpaired) electrons. The number of amidine groups is 1. The largest absolute Gasteiger partial charge is 0.409 e. The standard InChI is InChI=1S/C11H25N3O2/c1-8(7-15)9(2)13-6-5-11(3,4)10(12)14-16/h8-9,13,15-16H,5-7H2,1-4H3,(H2,12,14). The number of aliphatic hydroxyl groups excluding tert-OH is 1. The van der Waals surface area contributed by atoms with Crippen LogP contribution in [-0.4, -0.2) is 35.3 Å². The van der Waals surface area contributed by atoms with Gasteiger partial charge in [-0.2, -0.15) is 0 Å². The molecule has 2 atom stereocenters. The molecule has 0 aromatic heterocycles. The summed E-state index contributed by atoms with van der Waals surface area (Å²) < 4.78 is 0. The van der Waals surface area contributed by atoms with Crippen LogP contribution in [-0.2, 0) is 0 Å². The molecule has 0 aliphatic rings. The van der Waals surface area contributed by atoms with Crippen molar-refractivity contribution in [1.82, 2.24) is 5.32 Å². The molecule has 0 aromatic carbocycles. The van der Waals surface area contributed by atoms with E-state index < -0.39 is 0 Å². The van der Waals surface area contributed by atoms with Crippen molar-refractivity contribution < 1.29 is 10.3 Å². The lowest BCUT2D eigenvalue weighted by atomic mass is 9.88. The maximum absolute atomic E-state index is 8.98. The summed E-state index contributed by atoms with van der Waals surface area (Å²) in [5, 5.41) is 23.9. The molecular formula is C11H25N3O2. The second-order valence-electron chi connectivity index (χ2n) is 5.02. The smallest absolute Gasteiger partial charge is 0.144 e. The Morgan fingerprint density at radius 1 is 1.44 bits per heavy atom. The van der Waals surface area contributed by atoms with Crippen molar-refractivity contribution in [1.29, 1.82) is 0 Å². The first-order valence-electron chi connectivity index (χ1n) is 5.67. The van der Waals surface area contributed by atoms with Crippen molar-refractivity contribution in [3.63, 3.8) is 0 Å². The lowest BCUT2D eigenvalue weighted by molar-refractivity contribution is 0.205. The molecule has 0 amide bonds. The van der Waals surface area contributed by atoms with Gasteiger partial charge in [0.05, 0.1) is 0 Å². The molecule has 16 heavy (non-hydrogen) atoms. The van der Waals surface area contributed by atoms with Crippen molar-refractivity contribution in [2.75, 3.05) is 13.2 Å². The van der Waals surface area contributed by atoms with Gasteiger partial charge in [0.1, 0.15) is 5.84 Å². The van der Waals surface area contributed by atoms with Gasteiger partial charge in [0.25, 0.3) is 0 Å². The van der Waals surface area contributed by atoms with Gasteiger partial charge >= 0.3 is 0 Å². The van der Waals surface area contributed by atoms with Gasteiger partial charge in [0, 0.05) is 18.1 Å². The summed E-state index contributed by atoms with van der Waals surface area (Å²) in [6.07, 6.45) is 0.783. The van der Waals surface area contributed by atoms with Crippen LogP contribution < -0.4 is 11.1 Å². The quantitative estimate of drug-likeness (QED) is 0.225. The third-order valence-electron chi connectivity index (χ3n) is 3.16. The molecule has 5 N–H and O–H groups in total. The van der Waals surface area contributed by atoms with Crippen LogP contribution in [0.1, 0.15) is 34.1 Å². The number of aliphatic hydroxyl groups is 1. The Labute approximate surface area is 97.7 Å². The van der Waals surface area contributed by atoms with E-state index >= 15 is 0 Å². The summed E-state index contributed by atoms with van der Waals surface area (Å²) in [6.45, 7) is 8.85. The van der Waals surface area contributed by atoms with Crippen LogP contribution in [0.25, 0.3) is 0 Å². The lowest BCUT2D eigenvalue weighted by Crippen LogP contribution is -2.39. The van der Waals surface area contributed by atoms with Crippen molar-refractivity contribution >= 4 is 5.84 Å². The average molecular weight is 231 g/mol. The monoisotopic (exact) mass is 231 g/mol. The second-order valence-corrected chi connectivity index (χ2v) is 5.02. The number of hydrogen-bond donors (Lipinski definition) is 4.